The smallest absolute Gasteiger partial charge is 0.331 e. The van der Waals surface area contributed by atoms with E-state index in [9.17, 15) is 9.59 Å². The van der Waals surface area contributed by atoms with Gasteiger partial charge in [0, 0.05) is 36.8 Å². The summed E-state index contributed by atoms with van der Waals surface area (Å²) in [6.07, 6.45) is 1.64. The van der Waals surface area contributed by atoms with Crippen LogP contribution in [-0.2, 0) is 10.2 Å². The number of benzene rings is 2. The number of para-hydroxylation sites is 2. The predicted octanol–water partition coefficient (Wildman–Crippen LogP) is 5.25. The molecule has 3 amide bonds. The zero-order chi connectivity index (χ0) is 21.9. The van der Waals surface area contributed by atoms with E-state index in [0.29, 0.717) is 11.5 Å². The first kappa shape index (κ1) is 19.2. The van der Waals surface area contributed by atoms with E-state index in [4.69, 9.17) is 4.42 Å². The minimum Gasteiger partial charge on any atom is -0.440 e. The second-order valence-electron chi connectivity index (χ2n) is 8.42. The van der Waals surface area contributed by atoms with Crippen molar-refractivity contribution < 1.29 is 14.0 Å². The Balaban J connectivity index is 1.70. The first-order valence-corrected chi connectivity index (χ1v) is 10.2. The molecule has 0 N–H and O–H groups in total. The number of nitrogens with zero attached hydrogens (tertiary/aromatic N) is 3. The number of amides is 3. The van der Waals surface area contributed by atoms with Crippen LogP contribution in [0.3, 0.4) is 0 Å². The number of urea groups is 1. The van der Waals surface area contributed by atoms with E-state index in [1.807, 2.05) is 48.5 Å². The lowest BCUT2D eigenvalue weighted by atomic mass is 9.75. The topological polar surface area (TPSA) is 57.0 Å². The molecule has 2 aliphatic rings. The molecule has 0 atom stereocenters. The van der Waals surface area contributed by atoms with Gasteiger partial charge in [-0.25, -0.2) is 4.79 Å². The Morgan fingerprint density at radius 3 is 2.23 bits per heavy atom. The van der Waals surface area contributed by atoms with Crippen molar-refractivity contribution in [3.8, 4) is 0 Å². The molecular weight excluding hydrogens is 390 g/mol. The second-order valence-corrected chi connectivity index (χ2v) is 8.42. The Labute approximate surface area is 181 Å². The largest absolute Gasteiger partial charge is 0.440 e. The third kappa shape index (κ3) is 2.71. The Bertz CT molecular complexity index is 1240. The van der Waals surface area contributed by atoms with Crippen LogP contribution in [0.2, 0.25) is 0 Å². The molecule has 0 unspecified atom stereocenters. The van der Waals surface area contributed by atoms with Crippen molar-refractivity contribution in [1.82, 2.24) is 9.80 Å². The Morgan fingerprint density at radius 1 is 0.871 bits per heavy atom. The maximum absolute atomic E-state index is 12.5. The Kier molecular flexibility index (Phi) is 4.09. The summed E-state index contributed by atoms with van der Waals surface area (Å²) in [7, 11) is 3.07. The first-order valence-electron chi connectivity index (χ1n) is 10.2. The summed E-state index contributed by atoms with van der Waals surface area (Å²) in [4.78, 5) is 29.2. The third-order valence-electron chi connectivity index (χ3n) is 6.18. The highest BCUT2D eigenvalue weighted by Gasteiger charge is 2.41. The number of hydrogen-bond donors (Lipinski definition) is 0. The van der Waals surface area contributed by atoms with Crippen LogP contribution in [0.4, 0.5) is 22.1 Å². The highest BCUT2D eigenvalue weighted by atomic mass is 16.4. The fourth-order valence-electron chi connectivity index (χ4n) is 4.39. The SMILES string of the molecule is CN1C(=O)/C(=C\c2cc3c(o2)N(c2ccccc2)c2ccccc2C3(C)C)N(C)C1=O. The Morgan fingerprint density at radius 2 is 1.55 bits per heavy atom. The van der Waals surface area contributed by atoms with Gasteiger partial charge in [0.05, 0.1) is 5.69 Å². The number of fused-ring (bicyclic) bond motifs is 2. The molecule has 2 aliphatic heterocycles. The van der Waals surface area contributed by atoms with Gasteiger partial charge in [-0.15, -0.1) is 0 Å². The lowest BCUT2D eigenvalue weighted by Gasteiger charge is -2.38. The van der Waals surface area contributed by atoms with Gasteiger partial charge < -0.3 is 4.42 Å². The summed E-state index contributed by atoms with van der Waals surface area (Å²) >= 11 is 0. The van der Waals surface area contributed by atoms with E-state index in [1.165, 1.54) is 17.5 Å². The number of imide groups is 1. The highest BCUT2D eigenvalue weighted by molar-refractivity contribution is 6.13. The van der Waals surface area contributed by atoms with Gasteiger partial charge in [-0.05, 0) is 29.8 Å². The van der Waals surface area contributed by atoms with Crippen molar-refractivity contribution in [1.29, 1.82) is 0 Å². The molecule has 5 rings (SSSR count). The highest BCUT2D eigenvalue weighted by Crippen LogP contribution is 2.53. The van der Waals surface area contributed by atoms with Gasteiger partial charge in [0.25, 0.3) is 5.91 Å². The van der Waals surface area contributed by atoms with Crippen LogP contribution >= 0.6 is 0 Å². The quantitative estimate of drug-likeness (QED) is 0.425. The molecule has 0 spiro atoms. The van der Waals surface area contributed by atoms with E-state index in [0.717, 1.165) is 27.7 Å². The van der Waals surface area contributed by atoms with E-state index >= 15 is 0 Å². The van der Waals surface area contributed by atoms with Crippen LogP contribution in [-0.4, -0.2) is 35.8 Å². The number of hydrogen-bond acceptors (Lipinski definition) is 4. The van der Waals surface area contributed by atoms with Gasteiger partial charge in [0.1, 0.15) is 11.5 Å². The van der Waals surface area contributed by atoms with Crippen molar-refractivity contribution in [2.75, 3.05) is 19.0 Å². The van der Waals surface area contributed by atoms with Crippen molar-refractivity contribution in [2.45, 2.75) is 19.3 Å². The van der Waals surface area contributed by atoms with Gasteiger partial charge in [-0.3, -0.25) is 19.5 Å². The maximum Gasteiger partial charge on any atom is 0.331 e. The summed E-state index contributed by atoms with van der Waals surface area (Å²) in [6, 6.07) is 20.0. The fourth-order valence-corrected chi connectivity index (χ4v) is 4.39. The zero-order valence-electron chi connectivity index (χ0n) is 17.9. The molecule has 6 nitrogen and oxygen atoms in total. The van der Waals surface area contributed by atoms with Gasteiger partial charge in [-0.2, -0.15) is 0 Å². The van der Waals surface area contributed by atoms with Crippen molar-refractivity contribution in [3.63, 3.8) is 0 Å². The summed E-state index contributed by atoms with van der Waals surface area (Å²) in [5.74, 6) is 0.906. The minimum absolute atomic E-state index is 0.292. The van der Waals surface area contributed by atoms with Crippen molar-refractivity contribution in [2.24, 2.45) is 0 Å². The standard InChI is InChI=1S/C25H23N3O3/c1-25(2)18-12-8-9-13-20(18)28(16-10-6-5-7-11-16)23-19(25)14-17(31-23)15-21-22(29)27(4)24(30)26(21)3/h5-15H,1-4H3/b21-15+. The molecule has 2 aromatic carbocycles. The van der Waals surface area contributed by atoms with Crippen LogP contribution in [0.1, 0.15) is 30.7 Å². The number of carbonyl (C=O) groups excluding carboxylic acids is 2. The van der Waals surface area contributed by atoms with Crippen LogP contribution in [0.15, 0.2) is 70.8 Å². The lowest BCUT2D eigenvalue weighted by Crippen LogP contribution is -2.29. The molecule has 156 valence electrons. The number of furan rings is 1. The molecular formula is C25H23N3O3. The summed E-state index contributed by atoms with van der Waals surface area (Å²) in [5.41, 5.74) is 4.26. The normalized spacial score (nSPS) is 18.6. The second kappa shape index (κ2) is 6.60. The molecule has 0 bridgehead atoms. The number of rotatable bonds is 2. The van der Waals surface area contributed by atoms with E-state index in [2.05, 4.69) is 30.9 Å². The van der Waals surface area contributed by atoms with Crippen LogP contribution in [0, 0.1) is 0 Å². The average molecular weight is 413 g/mol. The fraction of sp³-hybridized carbons (Fsp3) is 0.200. The molecule has 1 fully saturated rings. The third-order valence-corrected chi connectivity index (χ3v) is 6.18. The van der Waals surface area contributed by atoms with Crippen LogP contribution in [0.5, 0.6) is 0 Å². The molecule has 31 heavy (non-hydrogen) atoms. The number of likely N-dealkylation sites (N-methyl/N-ethyl adjacent to an activating group) is 2. The van der Waals surface area contributed by atoms with E-state index in [1.54, 1.807) is 13.1 Å². The van der Waals surface area contributed by atoms with Crippen LogP contribution in [0.25, 0.3) is 6.08 Å². The monoisotopic (exact) mass is 413 g/mol. The van der Waals surface area contributed by atoms with E-state index in [-0.39, 0.29) is 17.4 Å². The molecule has 3 aromatic rings. The molecule has 0 radical (unpaired) electrons. The first-order chi connectivity index (χ1) is 14.8. The molecule has 1 aromatic heterocycles. The number of carbonyl (C=O) groups is 2. The van der Waals surface area contributed by atoms with Crippen molar-refractivity contribution >= 4 is 35.3 Å². The van der Waals surface area contributed by atoms with Gasteiger partial charge >= 0.3 is 6.03 Å². The summed E-state index contributed by atoms with van der Waals surface area (Å²) in [5, 5.41) is 0. The van der Waals surface area contributed by atoms with Gasteiger partial charge in [-0.1, -0.05) is 50.2 Å². The molecule has 0 aliphatic carbocycles. The summed E-state index contributed by atoms with van der Waals surface area (Å²) in [6.45, 7) is 4.34. The van der Waals surface area contributed by atoms with Crippen molar-refractivity contribution in [3.05, 3.63) is 83.2 Å². The molecule has 1 saturated heterocycles. The number of anilines is 3. The zero-order valence-corrected chi connectivity index (χ0v) is 17.9. The molecule has 6 heteroatoms. The average Bonchev–Trinajstić information content (AvgIpc) is 3.27. The van der Waals surface area contributed by atoms with Crippen LogP contribution < -0.4 is 4.90 Å². The van der Waals surface area contributed by atoms with E-state index < -0.39 is 0 Å². The minimum atomic E-state index is -0.355. The molecule has 3 heterocycles. The molecule has 0 saturated carbocycles. The predicted molar refractivity (Wildman–Crippen MR) is 119 cm³/mol. The Hall–Kier alpha value is -3.80. The summed E-state index contributed by atoms with van der Waals surface area (Å²) < 4.78 is 6.34. The van der Waals surface area contributed by atoms with Gasteiger partial charge in [0.15, 0.2) is 0 Å². The van der Waals surface area contributed by atoms with Gasteiger partial charge in [0.2, 0.25) is 5.88 Å². The lowest BCUT2D eigenvalue weighted by molar-refractivity contribution is -0.122. The maximum atomic E-state index is 12.5.